The summed E-state index contributed by atoms with van der Waals surface area (Å²) in [5, 5.41) is 0. The summed E-state index contributed by atoms with van der Waals surface area (Å²) in [6.45, 7) is 3.89. The molecule has 0 saturated heterocycles. The molecule has 3 rings (SSSR count). The SMILES string of the molecule is C=CC[C@@]1(c2c(OC)cccc2OC)C(=O)N(C)c2ccccc21. The number of likely N-dealkylation sites (N-methyl/N-ethyl adjacent to an activating group) is 1. The molecule has 1 atom stereocenters. The molecule has 0 saturated carbocycles. The van der Waals surface area contributed by atoms with Crippen molar-refractivity contribution in [2.75, 3.05) is 26.2 Å². The Labute approximate surface area is 142 Å². The summed E-state index contributed by atoms with van der Waals surface area (Å²) in [6.07, 6.45) is 2.24. The van der Waals surface area contributed by atoms with Gasteiger partial charge in [-0.1, -0.05) is 30.3 Å². The molecule has 0 bridgehead atoms. The van der Waals surface area contributed by atoms with Crippen LogP contribution in [0.4, 0.5) is 5.69 Å². The Bertz CT molecular complexity index is 777. The molecule has 2 aromatic carbocycles. The van der Waals surface area contributed by atoms with Crippen molar-refractivity contribution in [1.82, 2.24) is 0 Å². The minimum atomic E-state index is -0.898. The summed E-state index contributed by atoms with van der Waals surface area (Å²) < 4.78 is 11.2. The monoisotopic (exact) mass is 323 g/mol. The normalized spacial score (nSPS) is 19.1. The van der Waals surface area contributed by atoms with Crippen LogP contribution < -0.4 is 14.4 Å². The van der Waals surface area contributed by atoms with Gasteiger partial charge in [0.15, 0.2) is 0 Å². The molecule has 124 valence electrons. The van der Waals surface area contributed by atoms with E-state index < -0.39 is 5.41 Å². The van der Waals surface area contributed by atoms with E-state index in [1.807, 2.05) is 42.5 Å². The van der Waals surface area contributed by atoms with Crippen LogP contribution in [0.1, 0.15) is 17.5 Å². The number of amides is 1. The van der Waals surface area contributed by atoms with E-state index in [-0.39, 0.29) is 5.91 Å². The summed E-state index contributed by atoms with van der Waals surface area (Å²) in [4.78, 5) is 15.1. The van der Waals surface area contributed by atoms with Crippen LogP contribution in [0.3, 0.4) is 0 Å². The van der Waals surface area contributed by atoms with E-state index in [9.17, 15) is 4.79 Å². The molecule has 1 aliphatic heterocycles. The fraction of sp³-hybridized carbons (Fsp3) is 0.250. The molecule has 1 heterocycles. The molecule has 0 N–H and O–H groups in total. The highest BCUT2D eigenvalue weighted by molar-refractivity contribution is 6.11. The van der Waals surface area contributed by atoms with Gasteiger partial charge in [0.2, 0.25) is 5.91 Å². The maximum absolute atomic E-state index is 13.4. The number of fused-ring (bicyclic) bond motifs is 1. The van der Waals surface area contributed by atoms with Gasteiger partial charge in [0.1, 0.15) is 16.9 Å². The zero-order valence-corrected chi connectivity index (χ0v) is 14.2. The fourth-order valence-corrected chi connectivity index (χ4v) is 3.67. The molecule has 1 amide bonds. The van der Waals surface area contributed by atoms with Crippen molar-refractivity contribution in [3.05, 3.63) is 66.2 Å². The lowest BCUT2D eigenvalue weighted by Crippen LogP contribution is -2.40. The second kappa shape index (κ2) is 6.04. The quantitative estimate of drug-likeness (QED) is 0.790. The average Bonchev–Trinajstić information content (AvgIpc) is 2.84. The molecular formula is C20H21NO3. The zero-order chi connectivity index (χ0) is 17.3. The lowest BCUT2D eigenvalue weighted by Gasteiger charge is -2.30. The molecule has 0 aliphatic carbocycles. The molecule has 24 heavy (non-hydrogen) atoms. The number of hydrogen-bond donors (Lipinski definition) is 0. The second-order valence-electron chi connectivity index (χ2n) is 5.82. The Morgan fingerprint density at radius 1 is 1.08 bits per heavy atom. The molecule has 4 nitrogen and oxygen atoms in total. The summed E-state index contributed by atoms with van der Waals surface area (Å²) in [5.41, 5.74) is 1.69. The third kappa shape index (κ3) is 2.03. The smallest absolute Gasteiger partial charge is 0.242 e. The first-order valence-corrected chi connectivity index (χ1v) is 7.81. The van der Waals surface area contributed by atoms with Crippen LogP contribution >= 0.6 is 0 Å². The van der Waals surface area contributed by atoms with Gasteiger partial charge < -0.3 is 14.4 Å². The van der Waals surface area contributed by atoms with Crippen molar-refractivity contribution < 1.29 is 14.3 Å². The van der Waals surface area contributed by atoms with Crippen LogP contribution in [0.2, 0.25) is 0 Å². The fourth-order valence-electron chi connectivity index (χ4n) is 3.67. The Kier molecular flexibility index (Phi) is 4.06. The van der Waals surface area contributed by atoms with Gasteiger partial charge in [0.25, 0.3) is 0 Å². The predicted octanol–water partition coefficient (Wildman–Crippen LogP) is 3.54. The number of methoxy groups -OCH3 is 2. The van der Waals surface area contributed by atoms with Crippen LogP contribution in [0.5, 0.6) is 11.5 Å². The Morgan fingerprint density at radius 2 is 1.71 bits per heavy atom. The minimum Gasteiger partial charge on any atom is -0.496 e. The number of carbonyl (C=O) groups excluding carboxylic acids is 1. The van der Waals surface area contributed by atoms with Gasteiger partial charge in [0, 0.05) is 12.7 Å². The number of nitrogens with zero attached hydrogens (tertiary/aromatic N) is 1. The summed E-state index contributed by atoms with van der Waals surface area (Å²) in [6, 6.07) is 13.4. The first kappa shape index (κ1) is 16.1. The molecule has 2 aromatic rings. The summed E-state index contributed by atoms with van der Waals surface area (Å²) in [5.74, 6) is 1.26. The van der Waals surface area contributed by atoms with Gasteiger partial charge in [-0.2, -0.15) is 0 Å². The summed E-state index contributed by atoms with van der Waals surface area (Å²) >= 11 is 0. The number of carbonyl (C=O) groups is 1. The molecular weight excluding hydrogens is 302 g/mol. The molecule has 4 heteroatoms. The summed E-state index contributed by atoms with van der Waals surface area (Å²) in [7, 11) is 5.01. The van der Waals surface area contributed by atoms with E-state index in [1.54, 1.807) is 32.2 Å². The maximum atomic E-state index is 13.4. The molecule has 0 fully saturated rings. The van der Waals surface area contributed by atoms with E-state index >= 15 is 0 Å². The number of benzene rings is 2. The van der Waals surface area contributed by atoms with Crippen LogP contribution in [-0.2, 0) is 10.2 Å². The average molecular weight is 323 g/mol. The van der Waals surface area contributed by atoms with E-state index in [4.69, 9.17) is 9.47 Å². The van der Waals surface area contributed by atoms with Crippen LogP contribution in [0, 0.1) is 0 Å². The van der Waals surface area contributed by atoms with Crippen molar-refractivity contribution in [1.29, 1.82) is 0 Å². The number of allylic oxidation sites excluding steroid dienone is 1. The van der Waals surface area contributed by atoms with Crippen LogP contribution in [0.25, 0.3) is 0 Å². The molecule has 1 aliphatic rings. The largest absolute Gasteiger partial charge is 0.496 e. The highest BCUT2D eigenvalue weighted by Crippen LogP contribution is 2.53. The van der Waals surface area contributed by atoms with Gasteiger partial charge in [-0.25, -0.2) is 0 Å². The first-order chi connectivity index (χ1) is 11.6. The lowest BCUT2D eigenvalue weighted by molar-refractivity contribution is -0.121. The Hall–Kier alpha value is -2.75. The standard InChI is InChI=1S/C20H21NO3/c1-5-13-20(18-16(23-3)11-8-12-17(18)24-4)14-9-6-7-10-15(14)21(2)19(20)22/h5-12H,1,13H2,2-4H3/t20-/m1/s1. The van der Waals surface area contributed by atoms with Crippen molar-refractivity contribution in [3.63, 3.8) is 0 Å². The van der Waals surface area contributed by atoms with Gasteiger partial charge in [-0.05, 0) is 30.2 Å². The van der Waals surface area contributed by atoms with Crippen LogP contribution in [0.15, 0.2) is 55.1 Å². The van der Waals surface area contributed by atoms with E-state index in [1.165, 1.54) is 0 Å². The van der Waals surface area contributed by atoms with Crippen molar-refractivity contribution in [2.24, 2.45) is 0 Å². The zero-order valence-electron chi connectivity index (χ0n) is 14.2. The third-order valence-corrected chi connectivity index (χ3v) is 4.70. The molecule has 0 radical (unpaired) electrons. The number of ether oxygens (including phenoxy) is 2. The first-order valence-electron chi connectivity index (χ1n) is 7.81. The third-order valence-electron chi connectivity index (χ3n) is 4.70. The van der Waals surface area contributed by atoms with Crippen molar-refractivity contribution in [3.8, 4) is 11.5 Å². The maximum Gasteiger partial charge on any atom is 0.242 e. The number of hydrogen-bond acceptors (Lipinski definition) is 3. The van der Waals surface area contributed by atoms with Crippen molar-refractivity contribution >= 4 is 11.6 Å². The highest BCUT2D eigenvalue weighted by Gasteiger charge is 2.52. The van der Waals surface area contributed by atoms with Gasteiger partial charge in [-0.15, -0.1) is 6.58 Å². The van der Waals surface area contributed by atoms with E-state index in [0.717, 1.165) is 16.8 Å². The Morgan fingerprint density at radius 3 is 2.29 bits per heavy atom. The van der Waals surface area contributed by atoms with Crippen LogP contribution in [-0.4, -0.2) is 27.2 Å². The van der Waals surface area contributed by atoms with Crippen molar-refractivity contribution in [2.45, 2.75) is 11.8 Å². The lowest BCUT2D eigenvalue weighted by atomic mass is 9.72. The number of rotatable bonds is 5. The van der Waals surface area contributed by atoms with Gasteiger partial charge in [-0.3, -0.25) is 4.79 Å². The highest BCUT2D eigenvalue weighted by atomic mass is 16.5. The molecule has 0 unspecified atom stereocenters. The topological polar surface area (TPSA) is 38.8 Å². The number of para-hydroxylation sites is 1. The molecule has 0 aromatic heterocycles. The van der Waals surface area contributed by atoms with Gasteiger partial charge in [0.05, 0.1) is 19.8 Å². The van der Waals surface area contributed by atoms with E-state index in [0.29, 0.717) is 17.9 Å². The number of anilines is 1. The predicted molar refractivity (Wildman–Crippen MR) is 95.0 cm³/mol. The molecule has 0 spiro atoms. The van der Waals surface area contributed by atoms with Gasteiger partial charge >= 0.3 is 0 Å². The van der Waals surface area contributed by atoms with E-state index in [2.05, 4.69) is 6.58 Å². The second-order valence-corrected chi connectivity index (χ2v) is 5.82. The minimum absolute atomic E-state index is 0.00796. The Balaban J connectivity index is 2.41.